The van der Waals surface area contributed by atoms with Gasteiger partial charge in [-0.15, -0.1) is 0 Å². The second-order valence-electron chi connectivity index (χ2n) is 4.85. The topological polar surface area (TPSA) is 72.2 Å². The van der Waals surface area contributed by atoms with Crippen LogP contribution < -0.4 is 5.32 Å². The number of nitrogens with zero attached hydrogens (tertiary/aromatic N) is 1. The van der Waals surface area contributed by atoms with Crippen molar-refractivity contribution < 1.29 is 9.72 Å². The lowest BCUT2D eigenvalue weighted by atomic mass is 9.84. The summed E-state index contributed by atoms with van der Waals surface area (Å²) in [6, 6.07) is 4.01. The minimum absolute atomic E-state index is 0.0223. The molecule has 0 atom stereocenters. The van der Waals surface area contributed by atoms with E-state index >= 15 is 0 Å². The number of benzene rings is 1. The molecule has 1 aliphatic rings. The van der Waals surface area contributed by atoms with Crippen LogP contribution >= 0.6 is 23.4 Å². The van der Waals surface area contributed by atoms with Crippen LogP contribution in [0.25, 0.3) is 0 Å². The summed E-state index contributed by atoms with van der Waals surface area (Å²) in [5.41, 5.74) is 0.152. The maximum atomic E-state index is 12.0. The molecule has 0 radical (unpaired) electrons. The Hall–Kier alpha value is -1.27. The van der Waals surface area contributed by atoms with Gasteiger partial charge in [-0.25, -0.2) is 0 Å². The Morgan fingerprint density at radius 1 is 1.55 bits per heavy atom. The van der Waals surface area contributed by atoms with Crippen LogP contribution in [0.1, 0.15) is 29.6 Å². The van der Waals surface area contributed by atoms with Gasteiger partial charge < -0.3 is 5.32 Å². The highest BCUT2D eigenvalue weighted by molar-refractivity contribution is 8.00. The summed E-state index contributed by atoms with van der Waals surface area (Å²) < 4.78 is 0.153. The lowest BCUT2D eigenvalue weighted by molar-refractivity contribution is -0.384. The first-order valence-electron chi connectivity index (χ1n) is 6.25. The molecule has 20 heavy (non-hydrogen) atoms. The molecule has 1 N–H and O–H groups in total. The third-order valence-corrected chi connectivity index (χ3v) is 5.40. The van der Waals surface area contributed by atoms with E-state index < -0.39 is 4.92 Å². The van der Waals surface area contributed by atoms with E-state index in [1.807, 2.05) is 6.26 Å². The van der Waals surface area contributed by atoms with Crippen molar-refractivity contribution in [2.75, 3.05) is 12.8 Å². The van der Waals surface area contributed by atoms with Gasteiger partial charge in [0.1, 0.15) is 5.02 Å². The Labute approximate surface area is 126 Å². The summed E-state index contributed by atoms with van der Waals surface area (Å²) in [5.74, 6) is -0.248. The Kier molecular flexibility index (Phi) is 4.55. The molecule has 1 aliphatic carbocycles. The normalized spacial score (nSPS) is 16.3. The van der Waals surface area contributed by atoms with Crippen LogP contribution in [0.3, 0.4) is 0 Å². The molecule has 1 aromatic carbocycles. The molecule has 108 valence electrons. The van der Waals surface area contributed by atoms with Crippen molar-refractivity contribution >= 4 is 35.0 Å². The zero-order valence-corrected chi connectivity index (χ0v) is 12.6. The predicted octanol–water partition coefficient (Wildman–Crippen LogP) is 3.26. The number of halogens is 1. The first kappa shape index (κ1) is 15.1. The largest absolute Gasteiger partial charge is 0.351 e. The first-order chi connectivity index (χ1) is 9.47. The minimum Gasteiger partial charge on any atom is -0.351 e. The Balaban J connectivity index is 2.02. The monoisotopic (exact) mass is 314 g/mol. The number of thioether (sulfide) groups is 1. The molecule has 7 heteroatoms. The lowest BCUT2D eigenvalue weighted by Gasteiger charge is -2.40. The maximum absolute atomic E-state index is 12.0. The number of amides is 1. The van der Waals surface area contributed by atoms with Crippen molar-refractivity contribution in [3.63, 3.8) is 0 Å². The van der Waals surface area contributed by atoms with E-state index in [-0.39, 0.29) is 21.4 Å². The average molecular weight is 315 g/mol. The van der Waals surface area contributed by atoms with Crippen molar-refractivity contribution in [2.45, 2.75) is 24.0 Å². The van der Waals surface area contributed by atoms with Gasteiger partial charge in [-0.3, -0.25) is 14.9 Å². The van der Waals surface area contributed by atoms with Crippen molar-refractivity contribution in [3.05, 3.63) is 38.9 Å². The van der Waals surface area contributed by atoms with Crippen molar-refractivity contribution in [3.8, 4) is 0 Å². The summed E-state index contributed by atoms with van der Waals surface area (Å²) >= 11 is 7.57. The maximum Gasteiger partial charge on any atom is 0.287 e. The van der Waals surface area contributed by atoms with Gasteiger partial charge in [0.15, 0.2) is 0 Å². The van der Waals surface area contributed by atoms with E-state index in [2.05, 4.69) is 5.32 Å². The van der Waals surface area contributed by atoms with Crippen LogP contribution in [0.15, 0.2) is 18.2 Å². The third-order valence-electron chi connectivity index (χ3n) is 3.68. The molecule has 1 saturated carbocycles. The van der Waals surface area contributed by atoms with Crippen LogP contribution in [0.5, 0.6) is 0 Å². The fourth-order valence-corrected chi connectivity index (χ4v) is 3.33. The Morgan fingerprint density at radius 3 is 2.70 bits per heavy atom. The van der Waals surface area contributed by atoms with Crippen molar-refractivity contribution in [1.82, 2.24) is 5.32 Å². The molecule has 1 fully saturated rings. The molecular formula is C13H15ClN2O3S. The zero-order chi connectivity index (χ0) is 14.8. The summed E-state index contributed by atoms with van der Waals surface area (Å²) in [4.78, 5) is 22.1. The summed E-state index contributed by atoms with van der Waals surface area (Å²) in [6.07, 6.45) is 5.46. The molecule has 0 aliphatic heterocycles. The zero-order valence-electron chi connectivity index (χ0n) is 11.0. The molecule has 0 saturated heterocycles. The molecule has 1 amide bonds. The molecule has 0 heterocycles. The quantitative estimate of drug-likeness (QED) is 0.669. The highest BCUT2D eigenvalue weighted by atomic mass is 35.5. The second-order valence-corrected chi connectivity index (χ2v) is 6.53. The number of nitrogens with one attached hydrogen (secondary N) is 1. The van der Waals surface area contributed by atoms with Gasteiger partial charge in [0.05, 0.1) is 4.92 Å². The van der Waals surface area contributed by atoms with Crippen LogP contribution in [0, 0.1) is 10.1 Å². The van der Waals surface area contributed by atoms with Crippen LogP contribution in [-0.2, 0) is 0 Å². The fraction of sp³-hybridized carbons (Fsp3) is 0.462. The molecule has 0 spiro atoms. The van der Waals surface area contributed by atoms with Gasteiger partial charge >= 0.3 is 0 Å². The minimum atomic E-state index is -0.568. The van der Waals surface area contributed by atoms with Gasteiger partial charge in [-0.05, 0) is 31.2 Å². The molecule has 2 rings (SSSR count). The second kappa shape index (κ2) is 6.01. The van der Waals surface area contributed by atoms with Crippen LogP contribution in [-0.4, -0.2) is 28.4 Å². The fourth-order valence-electron chi connectivity index (χ4n) is 2.16. The molecule has 0 unspecified atom stereocenters. The van der Waals surface area contributed by atoms with Crippen LogP contribution in [0.4, 0.5) is 5.69 Å². The standard InChI is InChI=1S/C13H15ClN2O3S/c1-20-13(5-2-6-13)8-15-12(17)9-3-4-11(16(18)19)10(14)7-9/h3-4,7H,2,5-6,8H2,1H3,(H,15,17). The Morgan fingerprint density at radius 2 is 2.25 bits per heavy atom. The van der Waals surface area contributed by atoms with Crippen molar-refractivity contribution in [2.24, 2.45) is 0 Å². The molecule has 0 aromatic heterocycles. The number of hydrogen-bond donors (Lipinski definition) is 1. The SMILES string of the molecule is CSC1(CNC(=O)c2ccc([N+](=O)[O-])c(Cl)c2)CCC1. The van der Waals surface area contributed by atoms with Crippen molar-refractivity contribution in [1.29, 1.82) is 0 Å². The van der Waals surface area contributed by atoms with E-state index in [1.165, 1.54) is 24.6 Å². The lowest BCUT2D eigenvalue weighted by Crippen LogP contribution is -2.45. The van der Waals surface area contributed by atoms with Gasteiger partial charge in [-0.1, -0.05) is 18.0 Å². The Bertz CT molecular complexity index is 541. The van der Waals surface area contributed by atoms with E-state index in [4.69, 9.17) is 11.6 Å². The number of rotatable bonds is 5. The smallest absolute Gasteiger partial charge is 0.287 e. The van der Waals surface area contributed by atoms with E-state index in [9.17, 15) is 14.9 Å². The molecule has 0 bridgehead atoms. The van der Waals surface area contributed by atoms with E-state index in [0.717, 1.165) is 12.8 Å². The highest BCUT2D eigenvalue weighted by Gasteiger charge is 2.36. The third kappa shape index (κ3) is 3.07. The summed E-state index contributed by atoms with van der Waals surface area (Å²) in [5, 5.41) is 13.5. The van der Waals surface area contributed by atoms with Gasteiger partial charge in [0.2, 0.25) is 0 Å². The summed E-state index contributed by atoms with van der Waals surface area (Å²) in [7, 11) is 0. The van der Waals surface area contributed by atoms with Gasteiger partial charge in [0.25, 0.3) is 11.6 Å². The highest BCUT2D eigenvalue weighted by Crippen LogP contribution is 2.42. The number of carbonyl (C=O) groups excluding carboxylic acids is 1. The van der Waals surface area contributed by atoms with Crippen LogP contribution in [0.2, 0.25) is 5.02 Å². The van der Waals surface area contributed by atoms with Gasteiger partial charge in [0, 0.05) is 22.9 Å². The number of hydrogen-bond acceptors (Lipinski definition) is 4. The molecule has 5 nitrogen and oxygen atoms in total. The molecular weight excluding hydrogens is 300 g/mol. The average Bonchev–Trinajstić information content (AvgIpc) is 2.37. The first-order valence-corrected chi connectivity index (χ1v) is 7.85. The number of nitro benzene ring substituents is 1. The molecule has 1 aromatic rings. The van der Waals surface area contributed by atoms with Gasteiger partial charge in [-0.2, -0.15) is 11.8 Å². The van der Waals surface area contributed by atoms with E-state index in [1.54, 1.807) is 11.8 Å². The summed E-state index contributed by atoms with van der Waals surface area (Å²) in [6.45, 7) is 0.613. The van der Waals surface area contributed by atoms with E-state index in [0.29, 0.717) is 12.1 Å². The predicted molar refractivity (Wildman–Crippen MR) is 80.5 cm³/mol. The number of carbonyl (C=O) groups is 1. The number of nitro groups is 1.